The Labute approximate surface area is 122 Å². The van der Waals surface area contributed by atoms with E-state index < -0.39 is 6.04 Å². The van der Waals surface area contributed by atoms with Crippen molar-refractivity contribution in [1.29, 1.82) is 0 Å². The van der Waals surface area contributed by atoms with Crippen LogP contribution in [0.4, 0.5) is 4.39 Å². The number of carbonyl (C=O) groups is 1. The summed E-state index contributed by atoms with van der Waals surface area (Å²) in [5.74, 6) is 0.292. The Morgan fingerprint density at radius 1 is 1.52 bits per heavy atom. The number of imidazole rings is 1. The quantitative estimate of drug-likeness (QED) is 0.882. The lowest BCUT2D eigenvalue weighted by atomic mass is 10.00. The second-order valence-corrected chi connectivity index (χ2v) is 5.25. The average Bonchev–Trinajstić information content (AvgIpc) is 2.80. The number of aromatic nitrogens is 2. The van der Waals surface area contributed by atoms with Crippen LogP contribution >= 0.6 is 0 Å². The van der Waals surface area contributed by atoms with Gasteiger partial charge in [-0.3, -0.25) is 4.79 Å². The van der Waals surface area contributed by atoms with Crippen molar-refractivity contribution in [3.63, 3.8) is 0 Å². The van der Waals surface area contributed by atoms with Gasteiger partial charge in [-0.2, -0.15) is 0 Å². The Morgan fingerprint density at radius 2 is 2.33 bits per heavy atom. The molecule has 0 spiro atoms. The predicted molar refractivity (Wildman–Crippen MR) is 76.0 cm³/mol. The smallest absolute Gasteiger partial charge is 0.226 e. The molecule has 1 fully saturated rings. The summed E-state index contributed by atoms with van der Waals surface area (Å²) in [4.78, 5) is 16.5. The van der Waals surface area contributed by atoms with Crippen LogP contribution in [-0.2, 0) is 11.8 Å². The monoisotopic (exact) mass is 288 g/mol. The van der Waals surface area contributed by atoms with Crippen molar-refractivity contribution in [2.24, 2.45) is 13.0 Å². The summed E-state index contributed by atoms with van der Waals surface area (Å²) in [5.41, 5.74) is 0.685. The highest BCUT2D eigenvalue weighted by atomic mass is 19.1. The molecule has 3 rings (SSSR count). The topological polar surface area (TPSA) is 59.0 Å². The van der Waals surface area contributed by atoms with E-state index in [1.165, 1.54) is 12.1 Å². The van der Waals surface area contributed by atoms with E-state index in [-0.39, 0.29) is 17.6 Å². The van der Waals surface area contributed by atoms with Gasteiger partial charge in [0.1, 0.15) is 17.7 Å². The zero-order valence-corrected chi connectivity index (χ0v) is 11.7. The van der Waals surface area contributed by atoms with E-state index in [9.17, 15) is 9.18 Å². The second-order valence-electron chi connectivity index (χ2n) is 5.25. The average molecular weight is 288 g/mol. The molecule has 5 nitrogen and oxygen atoms in total. The SMILES string of the molecule is Cn1ccnc1C(NC(=O)C1CNC1)c1cccc(F)c1. The molecule has 1 aromatic carbocycles. The van der Waals surface area contributed by atoms with E-state index in [0.717, 1.165) is 0 Å². The molecule has 0 bridgehead atoms. The van der Waals surface area contributed by atoms with Gasteiger partial charge in [-0.25, -0.2) is 9.37 Å². The molecular formula is C15H17FN4O. The van der Waals surface area contributed by atoms with Gasteiger partial charge in [0.2, 0.25) is 5.91 Å². The van der Waals surface area contributed by atoms with Crippen LogP contribution in [0.15, 0.2) is 36.7 Å². The van der Waals surface area contributed by atoms with Crippen LogP contribution < -0.4 is 10.6 Å². The van der Waals surface area contributed by atoms with E-state index in [1.807, 2.05) is 11.6 Å². The molecule has 2 N–H and O–H groups in total. The van der Waals surface area contributed by atoms with Crippen molar-refractivity contribution in [2.75, 3.05) is 13.1 Å². The number of halogens is 1. The van der Waals surface area contributed by atoms with Crippen LogP contribution in [0, 0.1) is 11.7 Å². The number of nitrogens with one attached hydrogen (secondary N) is 2. The summed E-state index contributed by atoms with van der Waals surface area (Å²) in [7, 11) is 1.85. The van der Waals surface area contributed by atoms with Crippen LogP contribution in [0.25, 0.3) is 0 Å². The van der Waals surface area contributed by atoms with E-state index in [0.29, 0.717) is 24.5 Å². The first-order chi connectivity index (χ1) is 10.1. The van der Waals surface area contributed by atoms with Crippen LogP contribution in [-0.4, -0.2) is 28.5 Å². The number of hydrogen-bond donors (Lipinski definition) is 2. The zero-order valence-electron chi connectivity index (χ0n) is 11.7. The standard InChI is InChI=1S/C15H17FN4O/c1-20-6-5-18-14(20)13(10-3-2-4-12(16)7-10)19-15(21)11-8-17-9-11/h2-7,11,13,17H,8-9H2,1H3,(H,19,21). The fraction of sp³-hybridized carbons (Fsp3) is 0.333. The minimum absolute atomic E-state index is 0.0265. The number of aryl methyl sites for hydroxylation is 1. The van der Waals surface area contributed by atoms with Gasteiger partial charge in [0.15, 0.2) is 0 Å². The lowest BCUT2D eigenvalue weighted by Crippen LogP contribution is -2.51. The number of nitrogens with zero attached hydrogens (tertiary/aromatic N) is 2. The third-order valence-corrected chi connectivity index (χ3v) is 3.74. The number of benzene rings is 1. The first kappa shape index (κ1) is 13.8. The lowest BCUT2D eigenvalue weighted by Gasteiger charge is -2.28. The van der Waals surface area contributed by atoms with Gasteiger partial charge in [-0.05, 0) is 17.7 Å². The summed E-state index contributed by atoms with van der Waals surface area (Å²) in [5, 5.41) is 6.05. The Hall–Kier alpha value is -2.21. The Balaban J connectivity index is 1.91. The molecule has 0 saturated carbocycles. The van der Waals surface area contributed by atoms with Crippen molar-refractivity contribution < 1.29 is 9.18 Å². The third-order valence-electron chi connectivity index (χ3n) is 3.74. The highest BCUT2D eigenvalue weighted by Gasteiger charge is 2.29. The number of amides is 1. The molecule has 2 heterocycles. The fourth-order valence-electron chi connectivity index (χ4n) is 2.37. The molecular weight excluding hydrogens is 271 g/mol. The summed E-state index contributed by atoms with van der Waals surface area (Å²) >= 11 is 0. The van der Waals surface area contributed by atoms with Gasteiger partial charge in [-0.15, -0.1) is 0 Å². The van der Waals surface area contributed by atoms with Crippen molar-refractivity contribution in [2.45, 2.75) is 6.04 Å². The van der Waals surface area contributed by atoms with Gasteiger partial charge in [0.05, 0.1) is 5.92 Å². The van der Waals surface area contributed by atoms with E-state index in [4.69, 9.17) is 0 Å². The Morgan fingerprint density at radius 3 is 2.90 bits per heavy atom. The maximum atomic E-state index is 13.5. The van der Waals surface area contributed by atoms with Crippen molar-refractivity contribution in [3.8, 4) is 0 Å². The highest BCUT2D eigenvalue weighted by Crippen LogP contribution is 2.22. The molecule has 1 unspecified atom stereocenters. The van der Waals surface area contributed by atoms with E-state index in [2.05, 4.69) is 15.6 Å². The van der Waals surface area contributed by atoms with Crippen LogP contribution in [0.1, 0.15) is 17.4 Å². The van der Waals surface area contributed by atoms with Crippen LogP contribution in [0.2, 0.25) is 0 Å². The fourth-order valence-corrected chi connectivity index (χ4v) is 2.37. The molecule has 1 aliphatic rings. The minimum atomic E-state index is -0.450. The molecule has 0 aliphatic carbocycles. The summed E-state index contributed by atoms with van der Waals surface area (Å²) < 4.78 is 15.3. The molecule has 1 saturated heterocycles. The maximum absolute atomic E-state index is 13.5. The van der Waals surface area contributed by atoms with Gasteiger partial charge in [-0.1, -0.05) is 12.1 Å². The van der Waals surface area contributed by atoms with Gasteiger partial charge in [0.25, 0.3) is 0 Å². The molecule has 1 aliphatic heterocycles. The summed E-state index contributed by atoms with van der Waals surface area (Å²) in [6, 6.07) is 5.79. The summed E-state index contributed by atoms with van der Waals surface area (Å²) in [6.07, 6.45) is 3.47. The first-order valence-electron chi connectivity index (χ1n) is 6.89. The number of carbonyl (C=O) groups excluding carboxylic acids is 1. The molecule has 1 amide bonds. The minimum Gasteiger partial charge on any atom is -0.342 e. The zero-order chi connectivity index (χ0) is 14.8. The molecule has 21 heavy (non-hydrogen) atoms. The molecule has 1 atom stereocenters. The normalized spacial score (nSPS) is 16.3. The number of hydrogen-bond acceptors (Lipinski definition) is 3. The predicted octanol–water partition coefficient (Wildman–Crippen LogP) is 0.984. The van der Waals surface area contributed by atoms with Gasteiger partial charge < -0.3 is 15.2 Å². The van der Waals surface area contributed by atoms with E-state index in [1.54, 1.807) is 24.5 Å². The Bertz CT molecular complexity index is 651. The second kappa shape index (κ2) is 5.65. The van der Waals surface area contributed by atoms with Crippen molar-refractivity contribution in [3.05, 3.63) is 53.9 Å². The van der Waals surface area contributed by atoms with Gasteiger partial charge in [0, 0.05) is 32.5 Å². The molecule has 6 heteroatoms. The third kappa shape index (κ3) is 2.80. The number of rotatable bonds is 4. The molecule has 1 aromatic heterocycles. The lowest BCUT2D eigenvalue weighted by molar-refractivity contribution is -0.127. The Kier molecular flexibility index (Phi) is 3.70. The van der Waals surface area contributed by atoms with Crippen molar-refractivity contribution in [1.82, 2.24) is 20.2 Å². The molecule has 110 valence electrons. The largest absolute Gasteiger partial charge is 0.342 e. The van der Waals surface area contributed by atoms with Crippen LogP contribution in [0.5, 0.6) is 0 Å². The van der Waals surface area contributed by atoms with Gasteiger partial charge >= 0.3 is 0 Å². The molecule has 0 radical (unpaired) electrons. The maximum Gasteiger partial charge on any atom is 0.226 e. The van der Waals surface area contributed by atoms with Crippen molar-refractivity contribution >= 4 is 5.91 Å². The molecule has 2 aromatic rings. The summed E-state index contributed by atoms with van der Waals surface area (Å²) in [6.45, 7) is 1.37. The highest BCUT2D eigenvalue weighted by molar-refractivity contribution is 5.80. The first-order valence-corrected chi connectivity index (χ1v) is 6.89. The van der Waals surface area contributed by atoms with E-state index >= 15 is 0 Å². The van der Waals surface area contributed by atoms with Crippen LogP contribution in [0.3, 0.4) is 0 Å².